The molecular formula is C52H34N4Si. The third-order valence-electron chi connectivity index (χ3n) is 12.9. The maximum absolute atomic E-state index is 4.69. The predicted molar refractivity (Wildman–Crippen MR) is 241 cm³/mol. The summed E-state index contributed by atoms with van der Waals surface area (Å²) in [4.78, 5) is 4.69. The Morgan fingerprint density at radius 3 is 1.39 bits per heavy atom. The van der Waals surface area contributed by atoms with Gasteiger partial charge in [-0.15, -0.1) is 0 Å². The highest BCUT2D eigenvalue weighted by molar-refractivity contribution is 7.11. The van der Waals surface area contributed by atoms with E-state index < -0.39 is 8.07 Å². The number of rotatable bonds is 6. The van der Waals surface area contributed by atoms with E-state index in [1.807, 2.05) is 12.5 Å². The van der Waals surface area contributed by atoms with Gasteiger partial charge < -0.3 is 13.4 Å². The maximum Gasteiger partial charge on any atom is 0.152 e. The van der Waals surface area contributed by atoms with Crippen LogP contribution in [0.15, 0.2) is 195 Å². The van der Waals surface area contributed by atoms with E-state index in [9.17, 15) is 0 Å². The van der Waals surface area contributed by atoms with Gasteiger partial charge in [0.2, 0.25) is 0 Å². The largest absolute Gasteiger partial charge is 0.308 e. The minimum atomic E-state index is -2.83. The predicted octanol–water partition coefficient (Wildman–Crippen LogP) is 10.4. The number of para-hydroxylation sites is 4. The van der Waals surface area contributed by atoms with Crippen molar-refractivity contribution in [2.24, 2.45) is 0 Å². The molecule has 0 amide bonds. The minimum absolute atomic E-state index is 0.862. The van der Waals surface area contributed by atoms with Gasteiger partial charge >= 0.3 is 0 Å². The van der Waals surface area contributed by atoms with Crippen LogP contribution in [0.25, 0.3) is 81.9 Å². The van der Waals surface area contributed by atoms with Crippen molar-refractivity contribution in [1.82, 2.24) is 18.4 Å². The number of hydrogen-bond acceptors (Lipinski definition) is 1. The molecule has 0 unspecified atom stereocenters. The van der Waals surface area contributed by atoms with E-state index in [4.69, 9.17) is 0 Å². The van der Waals surface area contributed by atoms with Gasteiger partial charge in [0.15, 0.2) is 8.07 Å². The standard InChI is InChI=1S/C52H34N4Si/c1-4-16-34(17-5-1)57(35-18-6-2-7-19-35,36-20-8-3-9-21-36)32-43-46-41-26-14-24-39-38-23-11-13-29-45(38)56(48(39)41)52(46)51(54-31-30-53-33-54)47-42-27-15-25-40-37-22-10-12-28-44(37)55(49(40)42)50(43)47/h1-31,33H,32H2. The second-order valence-electron chi connectivity index (χ2n) is 15.5. The zero-order valence-electron chi connectivity index (χ0n) is 31.0. The molecule has 0 atom stereocenters. The number of benzene rings is 8. The third kappa shape index (κ3) is 3.93. The first-order chi connectivity index (χ1) is 28.3. The molecule has 0 bridgehead atoms. The molecular weight excluding hydrogens is 709 g/mol. The zero-order chi connectivity index (χ0) is 37.2. The topological polar surface area (TPSA) is 26.6 Å². The lowest BCUT2D eigenvalue weighted by molar-refractivity contribution is 1.07. The van der Waals surface area contributed by atoms with Crippen LogP contribution in [0.2, 0.25) is 0 Å². The van der Waals surface area contributed by atoms with E-state index in [1.165, 1.54) is 103 Å². The Bertz CT molecular complexity index is 3540. The van der Waals surface area contributed by atoms with Crippen molar-refractivity contribution in [2.75, 3.05) is 0 Å². The van der Waals surface area contributed by atoms with Crippen LogP contribution in [0.4, 0.5) is 0 Å². The van der Waals surface area contributed by atoms with Crippen molar-refractivity contribution >= 4 is 99.8 Å². The van der Waals surface area contributed by atoms with Crippen molar-refractivity contribution < 1.29 is 0 Å². The van der Waals surface area contributed by atoms with Crippen LogP contribution in [-0.2, 0) is 6.04 Å². The van der Waals surface area contributed by atoms with Crippen LogP contribution < -0.4 is 15.6 Å². The molecule has 0 fully saturated rings. The van der Waals surface area contributed by atoms with E-state index in [1.54, 1.807) is 0 Å². The molecule has 5 heterocycles. The van der Waals surface area contributed by atoms with E-state index in [0.717, 1.165) is 6.04 Å². The molecule has 4 nitrogen and oxygen atoms in total. The summed E-state index contributed by atoms with van der Waals surface area (Å²) in [6.07, 6.45) is 6.04. The monoisotopic (exact) mass is 742 g/mol. The van der Waals surface area contributed by atoms with Crippen LogP contribution >= 0.6 is 0 Å². The second kappa shape index (κ2) is 11.4. The summed E-state index contributed by atoms with van der Waals surface area (Å²) in [7, 11) is -2.83. The molecule has 0 spiro atoms. The van der Waals surface area contributed by atoms with E-state index in [0.29, 0.717) is 0 Å². The number of imidazole rings is 1. The van der Waals surface area contributed by atoms with Gasteiger partial charge in [-0.05, 0) is 39.3 Å². The Morgan fingerprint density at radius 2 is 0.860 bits per heavy atom. The van der Waals surface area contributed by atoms with Crippen LogP contribution in [0.3, 0.4) is 0 Å². The van der Waals surface area contributed by atoms with Crippen molar-refractivity contribution in [2.45, 2.75) is 6.04 Å². The Balaban J connectivity index is 1.35. The minimum Gasteiger partial charge on any atom is -0.308 e. The molecule has 5 aromatic heterocycles. The molecule has 0 aliphatic rings. The third-order valence-corrected chi connectivity index (χ3v) is 17.7. The molecule has 266 valence electrons. The molecule has 8 aromatic carbocycles. The first-order valence-corrected chi connectivity index (χ1v) is 22.0. The summed E-state index contributed by atoms with van der Waals surface area (Å²) in [5.74, 6) is 0. The van der Waals surface area contributed by atoms with Gasteiger partial charge in [-0.25, -0.2) is 4.98 Å². The van der Waals surface area contributed by atoms with Crippen LogP contribution in [-0.4, -0.2) is 26.4 Å². The molecule has 57 heavy (non-hydrogen) atoms. The summed E-state index contributed by atoms with van der Waals surface area (Å²) in [5, 5.41) is 14.5. The number of fused-ring (bicyclic) bond motifs is 12. The highest BCUT2D eigenvalue weighted by Crippen LogP contribution is 2.50. The van der Waals surface area contributed by atoms with Gasteiger partial charge in [0.25, 0.3) is 0 Å². The Kier molecular flexibility index (Phi) is 6.22. The molecule has 0 N–H and O–H groups in total. The smallest absolute Gasteiger partial charge is 0.152 e. The van der Waals surface area contributed by atoms with E-state index in [2.05, 4.69) is 200 Å². The Morgan fingerprint density at radius 1 is 0.404 bits per heavy atom. The zero-order valence-corrected chi connectivity index (χ0v) is 32.0. The fourth-order valence-corrected chi connectivity index (χ4v) is 15.5. The highest BCUT2D eigenvalue weighted by Gasteiger charge is 2.42. The summed E-state index contributed by atoms with van der Waals surface area (Å²) in [5.41, 5.74) is 10.1. The average Bonchev–Trinajstić information content (AvgIpc) is 4.12. The molecule has 0 radical (unpaired) electrons. The Labute approximate surface area is 328 Å². The summed E-state index contributed by atoms with van der Waals surface area (Å²) in [6, 6.07) is 66.9. The normalized spacial score (nSPS) is 12.6. The van der Waals surface area contributed by atoms with Gasteiger partial charge in [-0.2, -0.15) is 0 Å². The van der Waals surface area contributed by atoms with Crippen molar-refractivity contribution in [3.8, 4) is 5.69 Å². The van der Waals surface area contributed by atoms with E-state index >= 15 is 0 Å². The van der Waals surface area contributed by atoms with Gasteiger partial charge in [0, 0.05) is 55.5 Å². The van der Waals surface area contributed by atoms with E-state index in [-0.39, 0.29) is 0 Å². The van der Waals surface area contributed by atoms with Gasteiger partial charge in [-0.3, -0.25) is 0 Å². The lowest BCUT2D eigenvalue weighted by atomic mass is 9.98. The second-order valence-corrected chi connectivity index (χ2v) is 19.4. The lowest BCUT2D eigenvalue weighted by Gasteiger charge is -2.34. The van der Waals surface area contributed by atoms with Crippen molar-refractivity contribution in [3.05, 3.63) is 200 Å². The number of nitrogens with zero attached hydrogens (tertiary/aromatic N) is 4. The van der Waals surface area contributed by atoms with Gasteiger partial charge in [0.1, 0.15) is 0 Å². The first kappa shape index (κ1) is 31.0. The summed E-state index contributed by atoms with van der Waals surface area (Å²) >= 11 is 0. The fraction of sp³-hybridized carbons (Fsp3) is 0.0192. The molecule has 0 aliphatic heterocycles. The van der Waals surface area contributed by atoms with Crippen LogP contribution in [0.1, 0.15) is 5.56 Å². The molecule has 0 aliphatic carbocycles. The summed E-state index contributed by atoms with van der Waals surface area (Å²) in [6.45, 7) is 0. The molecule has 13 aromatic rings. The maximum atomic E-state index is 4.69. The van der Waals surface area contributed by atoms with Gasteiger partial charge in [-0.1, -0.05) is 164 Å². The highest BCUT2D eigenvalue weighted by atomic mass is 28.3. The quantitative estimate of drug-likeness (QED) is 0.123. The van der Waals surface area contributed by atoms with Crippen molar-refractivity contribution in [3.63, 3.8) is 0 Å². The molecule has 0 saturated heterocycles. The van der Waals surface area contributed by atoms with Crippen molar-refractivity contribution in [1.29, 1.82) is 0 Å². The number of hydrogen-bond donors (Lipinski definition) is 0. The van der Waals surface area contributed by atoms with Gasteiger partial charge in [0.05, 0.1) is 45.1 Å². The molecule has 13 rings (SSSR count). The fourth-order valence-electron chi connectivity index (χ4n) is 10.7. The first-order valence-electron chi connectivity index (χ1n) is 19.8. The Hall–Kier alpha value is -7.21. The molecule has 0 saturated carbocycles. The summed E-state index contributed by atoms with van der Waals surface area (Å²) < 4.78 is 7.48. The van der Waals surface area contributed by atoms with Crippen LogP contribution in [0.5, 0.6) is 0 Å². The van der Waals surface area contributed by atoms with Crippen LogP contribution in [0, 0.1) is 0 Å². The number of aromatic nitrogens is 4. The average molecular weight is 743 g/mol. The lowest BCUT2D eigenvalue weighted by Crippen LogP contribution is -2.68. The molecule has 5 heteroatoms. The SMILES string of the molecule is c1ccc([Si](Cc2c3c4cccc5c6ccccc6n(c3c(-n3ccnc3)c3c6cccc7c8ccccc8n(c23)c76)c54)(c2ccccc2)c2ccccc2)cc1.